The summed E-state index contributed by atoms with van der Waals surface area (Å²) in [6.07, 6.45) is 3.18. The Hall–Kier alpha value is -1.30. The van der Waals surface area contributed by atoms with Crippen LogP contribution < -0.4 is 5.56 Å². The molecule has 0 aliphatic heterocycles. The van der Waals surface area contributed by atoms with Crippen molar-refractivity contribution in [3.63, 3.8) is 0 Å². The molecule has 0 amide bonds. The third-order valence-electron chi connectivity index (χ3n) is 3.33. The van der Waals surface area contributed by atoms with Gasteiger partial charge in [0.05, 0.1) is 12.5 Å². The van der Waals surface area contributed by atoms with E-state index in [4.69, 9.17) is 0 Å². The van der Waals surface area contributed by atoms with Gasteiger partial charge in [-0.3, -0.25) is 14.0 Å². The first-order chi connectivity index (χ1) is 8.54. The maximum absolute atomic E-state index is 12.3. The Balaban J connectivity index is 2.40. The van der Waals surface area contributed by atoms with Crippen LogP contribution in [0.25, 0.3) is 11.0 Å². The standard InChI is InChI=1S/C12H18N4OS/c1-8(2)9(6-18)5-16-7-13-11-10(12(16)17)4-14-15(11)3/h4,7-9,18H,5-6H2,1-3H3. The lowest BCUT2D eigenvalue weighted by molar-refractivity contribution is 0.366. The number of hydrogen-bond acceptors (Lipinski definition) is 4. The highest BCUT2D eigenvalue weighted by atomic mass is 32.1. The van der Waals surface area contributed by atoms with Crippen molar-refractivity contribution in [2.24, 2.45) is 18.9 Å². The molecule has 0 spiro atoms. The van der Waals surface area contributed by atoms with Crippen molar-refractivity contribution in [3.05, 3.63) is 22.9 Å². The molecule has 2 rings (SSSR count). The molecule has 0 N–H and O–H groups in total. The van der Waals surface area contributed by atoms with Gasteiger partial charge in [-0.05, 0) is 17.6 Å². The Bertz CT molecular complexity index is 602. The van der Waals surface area contributed by atoms with Crippen molar-refractivity contribution in [3.8, 4) is 0 Å². The van der Waals surface area contributed by atoms with Gasteiger partial charge in [0.1, 0.15) is 5.39 Å². The van der Waals surface area contributed by atoms with Gasteiger partial charge in [0, 0.05) is 13.6 Å². The molecule has 6 heteroatoms. The average Bonchev–Trinajstić information content (AvgIpc) is 2.71. The van der Waals surface area contributed by atoms with E-state index >= 15 is 0 Å². The molecular formula is C12H18N4OS. The topological polar surface area (TPSA) is 52.7 Å². The fourth-order valence-electron chi connectivity index (χ4n) is 1.93. The molecule has 0 radical (unpaired) electrons. The van der Waals surface area contributed by atoms with Crippen molar-refractivity contribution in [1.29, 1.82) is 0 Å². The molecule has 1 unspecified atom stereocenters. The minimum absolute atomic E-state index is 0.0273. The Labute approximate surface area is 111 Å². The Morgan fingerprint density at radius 2 is 2.17 bits per heavy atom. The van der Waals surface area contributed by atoms with Gasteiger partial charge < -0.3 is 0 Å². The molecule has 0 aliphatic carbocycles. The maximum Gasteiger partial charge on any atom is 0.264 e. The second-order valence-corrected chi connectivity index (χ2v) is 5.26. The predicted molar refractivity (Wildman–Crippen MR) is 75.0 cm³/mol. The molecule has 0 saturated carbocycles. The molecule has 0 aromatic carbocycles. The van der Waals surface area contributed by atoms with Crippen LogP contribution in [-0.2, 0) is 13.6 Å². The number of aryl methyl sites for hydroxylation is 1. The summed E-state index contributed by atoms with van der Waals surface area (Å²) in [5.41, 5.74) is 0.601. The number of fused-ring (bicyclic) bond motifs is 1. The van der Waals surface area contributed by atoms with E-state index in [9.17, 15) is 4.79 Å². The third-order valence-corrected chi connectivity index (χ3v) is 3.80. The summed E-state index contributed by atoms with van der Waals surface area (Å²) in [5, 5.41) is 4.63. The molecule has 2 heterocycles. The van der Waals surface area contributed by atoms with Crippen LogP contribution in [0.4, 0.5) is 0 Å². The van der Waals surface area contributed by atoms with Crippen molar-refractivity contribution < 1.29 is 0 Å². The van der Waals surface area contributed by atoms with E-state index in [0.717, 1.165) is 5.75 Å². The number of aromatic nitrogens is 4. The van der Waals surface area contributed by atoms with Crippen molar-refractivity contribution >= 4 is 23.7 Å². The van der Waals surface area contributed by atoms with Gasteiger partial charge in [0.15, 0.2) is 5.65 Å². The van der Waals surface area contributed by atoms with Gasteiger partial charge in [-0.25, -0.2) is 4.98 Å². The molecule has 5 nitrogen and oxygen atoms in total. The first kappa shape index (κ1) is 13.1. The van der Waals surface area contributed by atoms with E-state index in [1.165, 1.54) is 0 Å². The Morgan fingerprint density at radius 3 is 2.78 bits per heavy atom. The summed E-state index contributed by atoms with van der Waals surface area (Å²) in [6, 6.07) is 0. The van der Waals surface area contributed by atoms with E-state index in [1.54, 1.807) is 28.8 Å². The summed E-state index contributed by atoms with van der Waals surface area (Å²) >= 11 is 4.34. The third kappa shape index (κ3) is 2.29. The molecule has 98 valence electrons. The van der Waals surface area contributed by atoms with Gasteiger partial charge in [0.25, 0.3) is 5.56 Å². The smallest absolute Gasteiger partial charge is 0.264 e. The van der Waals surface area contributed by atoms with Crippen molar-refractivity contribution in [2.75, 3.05) is 5.75 Å². The molecule has 0 fully saturated rings. The second kappa shape index (κ2) is 5.14. The normalized spacial score (nSPS) is 13.4. The molecule has 2 aromatic rings. The highest BCUT2D eigenvalue weighted by molar-refractivity contribution is 7.80. The zero-order valence-electron chi connectivity index (χ0n) is 10.9. The molecule has 0 saturated heterocycles. The van der Waals surface area contributed by atoms with Crippen molar-refractivity contribution in [2.45, 2.75) is 20.4 Å². The summed E-state index contributed by atoms with van der Waals surface area (Å²) in [4.78, 5) is 16.5. The average molecular weight is 266 g/mol. The number of thiol groups is 1. The lowest BCUT2D eigenvalue weighted by Crippen LogP contribution is -2.27. The Morgan fingerprint density at radius 1 is 1.44 bits per heavy atom. The van der Waals surface area contributed by atoms with E-state index in [0.29, 0.717) is 29.4 Å². The zero-order valence-corrected chi connectivity index (χ0v) is 11.8. The number of hydrogen-bond donors (Lipinski definition) is 1. The summed E-state index contributed by atoms with van der Waals surface area (Å²) in [6.45, 7) is 4.93. The van der Waals surface area contributed by atoms with E-state index in [-0.39, 0.29) is 5.56 Å². The van der Waals surface area contributed by atoms with Crippen LogP contribution >= 0.6 is 12.6 Å². The quantitative estimate of drug-likeness (QED) is 0.850. The van der Waals surface area contributed by atoms with Crippen LogP contribution in [0.2, 0.25) is 0 Å². The summed E-state index contributed by atoms with van der Waals surface area (Å²) in [5.74, 6) is 1.61. The van der Waals surface area contributed by atoms with E-state index < -0.39 is 0 Å². The lowest BCUT2D eigenvalue weighted by atomic mass is 9.98. The molecule has 1 atom stereocenters. The van der Waals surface area contributed by atoms with Crippen LogP contribution in [0.3, 0.4) is 0 Å². The second-order valence-electron chi connectivity index (χ2n) is 4.89. The van der Waals surface area contributed by atoms with Gasteiger partial charge in [0.2, 0.25) is 0 Å². The highest BCUT2D eigenvalue weighted by Crippen LogP contribution is 2.14. The minimum Gasteiger partial charge on any atom is -0.298 e. The van der Waals surface area contributed by atoms with Crippen LogP contribution in [0.15, 0.2) is 17.3 Å². The fourth-order valence-corrected chi connectivity index (χ4v) is 2.47. The molecule has 18 heavy (non-hydrogen) atoms. The van der Waals surface area contributed by atoms with Gasteiger partial charge >= 0.3 is 0 Å². The van der Waals surface area contributed by atoms with Crippen LogP contribution in [-0.4, -0.2) is 25.1 Å². The molecule has 2 aromatic heterocycles. The van der Waals surface area contributed by atoms with Crippen LogP contribution in [0, 0.1) is 11.8 Å². The van der Waals surface area contributed by atoms with Crippen molar-refractivity contribution in [1.82, 2.24) is 19.3 Å². The predicted octanol–water partition coefficient (Wildman–Crippen LogP) is 1.33. The SMILES string of the molecule is CC(C)C(CS)Cn1cnc2c(cnn2C)c1=O. The fraction of sp³-hybridized carbons (Fsp3) is 0.583. The van der Waals surface area contributed by atoms with Gasteiger partial charge in [-0.1, -0.05) is 13.8 Å². The molecule has 0 bridgehead atoms. The first-order valence-electron chi connectivity index (χ1n) is 6.02. The largest absolute Gasteiger partial charge is 0.298 e. The minimum atomic E-state index is -0.0273. The van der Waals surface area contributed by atoms with Gasteiger partial charge in [-0.15, -0.1) is 0 Å². The first-order valence-corrected chi connectivity index (χ1v) is 6.65. The number of rotatable bonds is 4. The maximum atomic E-state index is 12.3. The van der Waals surface area contributed by atoms with Crippen LogP contribution in [0.5, 0.6) is 0 Å². The zero-order chi connectivity index (χ0) is 13.3. The highest BCUT2D eigenvalue weighted by Gasteiger charge is 2.15. The molecule has 0 aliphatic rings. The summed E-state index contributed by atoms with van der Waals surface area (Å²) < 4.78 is 3.27. The van der Waals surface area contributed by atoms with Crippen LogP contribution in [0.1, 0.15) is 13.8 Å². The van der Waals surface area contributed by atoms with E-state index in [1.807, 2.05) is 0 Å². The Kier molecular flexibility index (Phi) is 3.75. The lowest BCUT2D eigenvalue weighted by Gasteiger charge is -2.19. The number of nitrogens with zero attached hydrogens (tertiary/aromatic N) is 4. The van der Waals surface area contributed by atoms with Gasteiger partial charge in [-0.2, -0.15) is 17.7 Å². The monoisotopic (exact) mass is 266 g/mol. The summed E-state index contributed by atoms with van der Waals surface area (Å²) in [7, 11) is 1.78. The van der Waals surface area contributed by atoms with E-state index in [2.05, 4.69) is 36.6 Å². The molecular weight excluding hydrogens is 248 g/mol.